The van der Waals surface area contributed by atoms with Crippen molar-refractivity contribution >= 4 is 23.6 Å². The number of rotatable bonds is 9. The fourth-order valence-corrected chi connectivity index (χ4v) is 3.02. The maximum absolute atomic E-state index is 12.4. The van der Waals surface area contributed by atoms with Crippen LogP contribution in [0.15, 0.2) is 60.8 Å². The summed E-state index contributed by atoms with van der Waals surface area (Å²) in [6, 6.07) is 13.5. The van der Waals surface area contributed by atoms with Crippen molar-refractivity contribution in [3.8, 4) is 28.7 Å². The zero-order chi connectivity index (χ0) is 24.5. The van der Waals surface area contributed by atoms with Crippen molar-refractivity contribution in [2.75, 3.05) is 33.7 Å². The Morgan fingerprint density at radius 1 is 0.882 bits per heavy atom. The quantitative estimate of drug-likeness (QED) is 0.463. The summed E-state index contributed by atoms with van der Waals surface area (Å²) in [5, 5.41) is 5.30. The minimum Gasteiger partial charge on any atom is -0.493 e. The van der Waals surface area contributed by atoms with Gasteiger partial charge < -0.3 is 29.6 Å². The van der Waals surface area contributed by atoms with Crippen molar-refractivity contribution in [2.24, 2.45) is 0 Å². The number of hydrogen-bond donors (Lipinski definition) is 2. The molecule has 1 heterocycles. The largest absolute Gasteiger partial charge is 0.493 e. The van der Waals surface area contributed by atoms with Crippen molar-refractivity contribution in [1.29, 1.82) is 0 Å². The molecule has 0 unspecified atom stereocenters. The Hall–Kier alpha value is -4.53. The molecule has 0 fully saturated rings. The van der Waals surface area contributed by atoms with E-state index in [1.165, 1.54) is 40.6 Å². The first kappa shape index (κ1) is 24.1. The van der Waals surface area contributed by atoms with Gasteiger partial charge >= 0.3 is 0 Å². The Labute approximate surface area is 197 Å². The second-order valence-electron chi connectivity index (χ2n) is 6.86. The second-order valence-corrected chi connectivity index (χ2v) is 6.86. The van der Waals surface area contributed by atoms with E-state index in [1.54, 1.807) is 54.6 Å². The van der Waals surface area contributed by atoms with Gasteiger partial charge in [0.15, 0.2) is 11.5 Å². The van der Waals surface area contributed by atoms with Crippen LogP contribution >= 0.6 is 0 Å². The van der Waals surface area contributed by atoms with Crippen molar-refractivity contribution in [1.82, 2.24) is 10.3 Å². The summed E-state index contributed by atoms with van der Waals surface area (Å²) in [4.78, 5) is 28.1. The first-order valence-electron chi connectivity index (χ1n) is 10.2. The van der Waals surface area contributed by atoms with Crippen LogP contribution in [0, 0.1) is 0 Å². The van der Waals surface area contributed by atoms with Crippen LogP contribution in [0.2, 0.25) is 0 Å². The lowest BCUT2D eigenvalue weighted by molar-refractivity contribution is -0.111. The number of benzene rings is 2. The minimum atomic E-state index is -0.313. The fourth-order valence-electron chi connectivity index (χ4n) is 3.02. The van der Waals surface area contributed by atoms with Gasteiger partial charge in [0.05, 0.1) is 21.3 Å². The SMILES string of the molecule is CNC(=O)c1cc(Oc2ccc(NC(=O)/C=C/c3cc(OC)c(OC)c(OC)c3)cc2)ccn1. The number of carbonyl (C=O) groups excluding carboxylic acids is 2. The molecule has 0 atom stereocenters. The predicted molar refractivity (Wildman–Crippen MR) is 128 cm³/mol. The summed E-state index contributed by atoms with van der Waals surface area (Å²) in [6.45, 7) is 0. The van der Waals surface area contributed by atoms with E-state index in [2.05, 4.69) is 15.6 Å². The first-order chi connectivity index (χ1) is 16.5. The number of methoxy groups -OCH3 is 3. The molecule has 3 rings (SSSR count). The predicted octanol–water partition coefficient (Wildman–Crippen LogP) is 3.91. The van der Waals surface area contributed by atoms with Gasteiger partial charge in [-0.25, -0.2) is 0 Å². The third-order valence-electron chi connectivity index (χ3n) is 4.66. The Morgan fingerprint density at radius 3 is 2.15 bits per heavy atom. The van der Waals surface area contributed by atoms with Gasteiger partial charge in [-0.2, -0.15) is 0 Å². The van der Waals surface area contributed by atoms with E-state index in [-0.39, 0.29) is 17.5 Å². The highest BCUT2D eigenvalue weighted by Crippen LogP contribution is 2.38. The van der Waals surface area contributed by atoms with E-state index in [0.29, 0.717) is 40.0 Å². The molecule has 0 bridgehead atoms. The standard InChI is InChI=1S/C25H25N3O6/c1-26-25(30)20-15-19(11-12-27-20)34-18-8-6-17(7-9-18)28-23(29)10-5-16-13-21(31-2)24(33-4)22(14-16)32-3/h5-15H,1-4H3,(H,26,30)(H,28,29)/b10-5+. The monoisotopic (exact) mass is 463 g/mol. The third-order valence-corrected chi connectivity index (χ3v) is 4.66. The minimum absolute atomic E-state index is 0.253. The number of nitrogens with one attached hydrogen (secondary N) is 2. The van der Waals surface area contributed by atoms with E-state index in [1.807, 2.05) is 0 Å². The number of aromatic nitrogens is 1. The summed E-state index contributed by atoms with van der Waals surface area (Å²) >= 11 is 0. The maximum Gasteiger partial charge on any atom is 0.269 e. The highest BCUT2D eigenvalue weighted by molar-refractivity contribution is 6.02. The number of carbonyl (C=O) groups is 2. The van der Waals surface area contributed by atoms with Crippen LogP contribution in [-0.2, 0) is 4.79 Å². The van der Waals surface area contributed by atoms with Crippen LogP contribution in [0.25, 0.3) is 6.08 Å². The zero-order valence-electron chi connectivity index (χ0n) is 19.2. The fraction of sp³-hybridized carbons (Fsp3) is 0.160. The van der Waals surface area contributed by atoms with Crippen molar-refractivity contribution in [2.45, 2.75) is 0 Å². The van der Waals surface area contributed by atoms with E-state index in [0.717, 1.165) is 0 Å². The molecule has 9 nitrogen and oxygen atoms in total. The summed E-state index contributed by atoms with van der Waals surface area (Å²) < 4.78 is 21.7. The Morgan fingerprint density at radius 2 is 1.56 bits per heavy atom. The summed E-state index contributed by atoms with van der Waals surface area (Å²) in [5.41, 5.74) is 1.55. The van der Waals surface area contributed by atoms with E-state index in [9.17, 15) is 9.59 Å². The van der Waals surface area contributed by atoms with Gasteiger partial charge in [0.1, 0.15) is 17.2 Å². The number of hydrogen-bond acceptors (Lipinski definition) is 7. The smallest absolute Gasteiger partial charge is 0.269 e. The molecule has 0 radical (unpaired) electrons. The molecule has 0 spiro atoms. The zero-order valence-corrected chi connectivity index (χ0v) is 19.2. The Balaban J connectivity index is 1.64. The molecule has 34 heavy (non-hydrogen) atoms. The molecule has 2 aromatic carbocycles. The molecular formula is C25H25N3O6. The Bertz CT molecular complexity index is 1170. The van der Waals surface area contributed by atoms with Crippen LogP contribution < -0.4 is 29.6 Å². The first-order valence-corrected chi connectivity index (χ1v) is 10.2. The number of pyridine rings is 1. The molecule has 0 aliphatic rings. The second kappa shape index (κ2) is 11.4. The number of anilines is 1. The molecular weight excluding hydrogens is 438 g/mol. The lowest BCUT2D eigenvalue weighted by Crippen LogP contribution is -2.18. The van der Waals surface area contributed by atoms with Crippen molar-refractivity contribution in [3.05, 3.63) is 72.1 Å². The lowest BCUT2D eigenvalue weighted by Gasteiger charge is -2.12. The van der Waals surface area contributed by atoms with E-state index >= 15 is 0 Å². The third kappa shape index (κ3) is 6.04. The molecule has 1 aromatic heterocycles. The van der Waals surface area contributed by atoms with E-state index in [4.69, 9.17) is 18.9 Å². The van der Waals surface area contributed by atoms with E-state index < -0.39 is 0 Å². The highest BCUT2D eigenvalue weighted by atomic mass is 16.5. The maximum atomic E-state index is 12.4. The topological polar surface area (TPSA) is 108 Å². The molecule has 0 saturated carbocycles. The lowest BCUT2D eigenvalue weighted by atomic mass is 10.1. The molecule has 2 amide bonds. The molecule has 9 heteroatoms. The number of ether oxygens (including phenoxy) is 4. The Kier molecular flexibility index (Phi) is 8.07. The van der Waals surface area contributed by atoms with Gasteiger partial charge in [-0.1, -0.05) is 0 Å². The van der Waals surface area contributed by atoms with Gasteiger partial charge in [-0.3, -0.25) is 14.6 Å². The van der Waals surface area contributed by atoms with Crippen LogP contribution in [0.5, 0.6) is 28.7 Å². The number of amides is 2. The molecule has 3 aromatic rings. The van der Waals surface area contributed by atoms with Crippen LogP contribution in [0.3, 0.4) is 0 Å². The normalized spacial score (nSPS) is 10.5. The number of nitrogens with zero attached hydrogens (tertiary/aromatic N) is 1. The van der Waals surface area contributed by atoms with Gasteiger partial charge in [-0.15, -0.1) is 0 Å². The van der Waals surface area contributed by atoms with Crippen molar-refractivity contribution < 1.29 is 28.5 Å². The van der Waals surface area contributed by atoms with Gasteiger partial charge in [0.2, 0.25) is 11.7 Å². The van der Waals surface area contributed by atoms with Gasteiger partial charge in [0.25, 0.3) is 5.91 Å². The average Bonchev–Trinajstić information content (AvgIpc) is 2.87. The average molecular weight is 463 g/mol. The molecule has 176 valence electrons. The van der Waals surface area contributed by atoms with Crippen LogP contribution in [-0.4, -0.2) is 45.2 Å². The molecule has 0 aliphatic heterocycles. The van der Waals surface area contributed by atoms with Crippen LogP contribution in [0.1, 0.15) is 16.1 Å². The molecule has 2 N–H and O–H groups in total. The summed E-state index contributed by atoms with van der Waals surface area (Å²) in [6.07, 6.45) is 4.54. The summed E-state index contributed by atoms with van der Waals surface area (Å²) in [5.74, 6) is 1.86. The van der Waals surface area contributed by atoms with Crippen LogP contribution in [0.4, 0.5) is 5.69 Å². The van der Waals surface area contributed by atoms with Gasteiger partial charge in [-0.05, 0) is 54.1 Å². The molecule has 0 aliphatic carbocycles. The van der Waals surface area contributed by atoms with Crippen molar-refractivity contribution in [3.63, 3.8) is 0 Å². The summed E-state index contributed by atoms with van der Waals surface area (Å²) in [7, 11) is 6.12. The highest BCUT2D eigenvalue weighted by Gasteiger charge is 2.12. The molecule has 0 saturated heterocycles. The van der Waals surface area contributed by atoms with Gasteiger partial charge in [0, 0.05) is 31.1 Å².